The summed E-state index contributed by atoms with van der Waals surface area (Å²) in [6.45, 7) is 4.19. The van der Waals surface area contributed by atoms with Crippen molar-refractivity contribution in [3.63, 3.8) is 0 Å². The molecule has 4 aromatic carbocycles. The van der Waals surface area contributed by atoms with Gasteiger partial charge in [-0.3, -0.25) is 0 Å². The Labute approximate surface area is 134 Å². The van der Waals surface area contributed by atoms with Crippen LogP contribution in [0.2, 0.25) is 0 Å². The topological polar surface area (TPSA) is 40.5 Å². The molecule has 2 nitrogen and oxygen atoms in total. The lowest BCUT2D eigenvalue weighted by molar-refractivity contribution is 0.474. The lowest BCUT2D eigenvalue weighted by atomic mass is 9.90. The molecule has 4 rings (SSSR count). The highest BCUT2D eigenvalue weighted by Crippen LogP contribution is 2.41. The molecule has 0 aliphatic rings. The number of phenols is 2. The summed E-state index contributed by atoms with van der Waals surface area (Å²) in [6, 6.07) is 17.5. The molecular formula is C21H18O2. The number of hydrogen-bond acceptors (Lipinski definition) is 2. The zero-order chi connectivity index (χ0) is 16.1. The average molecular weight is 302 g/mol. The van der Waals surface area contributed by atoms with Gasteiger partial charge in [-0.2, -0.15) is 0 Å². The lowest BCUT2D eigenvalue weighted by Gasteiger charge is -2.15. The second kappa shape index (κ2) is 4.88. The Morgan fingerprint density at radius 1 is 0.739 bits per heavy atom. The van der Waals surface area contributed by atoms with Crippen LogP contribution in [-0.2, 0) is 0 Å². The molecule has 0 bridgehead atoms. The summed E-state index contributed by atoms with van der Waals surface area (Å²) in [4.78, 5) is 0. The van der Waals surface area contributed by atoms with Crippen molar-refractivity contribution in [2.45, 2.75) is 19.8 Å². The van der Waals surface area contributed by atoms with Crippen LogP contribution in [-0.4, -0.2) is 10.2 Å². The molecule has 0 aliphatic carbocycles. The molecule has 0 unspecified atom stereocenters. The van der Waals surface area contributed by atoms with Gasteiger partial charge in [-0.15, -0.1) is 0 Å². The van der Waals surface area contributed by atoms with Crippen molar-refractivity contribution in [1.29, 1.82) is 0 Å². The van der Waals surface area contributed by atoms with E-state index in [-0.39, 0.29) is 17.4 Å². The Hall–Kier alpha value is -2.74. The maximum absolute atomic E-state index is 10.7. The summed E-state index contributed by atoms with van der Waals surface area (Å²) in [5.74, 6) is 0.820. The molecule has 0 saturated heterocycles. The highest BCUT2D eigenvalue weighted by atomic mass is 16.3. The van der Waals surface area contributed by atoms with Gasteiger partial charge >= 0.3 is 0 Å². The van der Waals surface area contributed by atoms with Gasteiger partial charge in [0, 0.05) is 5.39 Å². The maximum atomic E-state index is 10.7. The fraction of sp³-hybridized carbons (Fsp3) is 0.143. The molecule has 0 aliphatic heterocycles. The second-order valence-electron chi connectivity index (χ2n) is 6.39. The van der Waals surface area contributed by atoms with E-state index >= 15 is 0 Å². The molecule has 0 aromatic heterocycles. The van der Waals surface area contributed by atoms with Crippen molar-refractivity contribution in [3.05, 3.63) is 60.2 Å². The summed E-state index contributed by atoms with van der Waals surface area (Å²) in [7, 11) is 0. The minimum atomic E-state index is 0.265. The third-order valence-electron chi connectivity index (χ3n) is 4.58. The van der Waals surface area contributed by atoms with Gasteiger partial charge in [0.2, 0.25) is 0 Å². The molecule has 0 spiro atoms. The van der Waals surface area contributed by atoms with Gasteiger partial charge in [-0.05, 0) is 56.6 Å². The van der Waals surface area contributed by atoms with E-state index in [9.17, 15) is 10.2 Å². The van der Waals surface area contributed by atoms with E-state index in [1.807, 2.05) is 36.4 Å². The first kappa shape index (κ1) is 13.9. The van der Waals surface area contributed by atoms with Crippen LogP contribution in [0.5, 0.6) is 11.5 Å². The van der Waals surface area contributed by atoms with E-state index in [0.29, 0.717) is 0 Å². The van der Waals surface area contributed by atoms with Crippen molar-refractivity contribution in [3.8, 4) is 11.5 Å². The second-order valence-corrected chi connectivity index (χ2v) is 6.39. The quantitative estimate of drug-likeness (QED) is 0.444. The molecule has 0 atom stereocenters. The molecule has 114 valence electrons. The Morgan fingerprint density at radius 3 is 2.30 bits per heavy atom. The molecule has 0 fully saturated rings. The van der Waals surface area contributed by atoms with Crippen LogP contribution >= 0.6 is 0 Å². The highest BCUT2D eigenvalue weighted by Gasteiger charge is 2.14. The van der Waals surface area contributed by atoms with Gasteiger partial charge in [-0.1, -0.05) is 50.2 Å². The summed E-state index contributed by atoms with van der Waals surface area (Å²) in [5.41, 5.74) is 1.05. The SMILES string of the molecule is CC(C)c1cc(O)cc2c1cc(O)c1c3ccccc3ccc21. The monoisotopic (exact) mass is 302 g/mol. The Kier molecular flexibility index (Phi) is 2.95. The summed E-state index contributed by atoms with van der Waals surface area (Å²) in [5, 5.41) is 26.7. The first-order valence-corrected chi connectivity index (χ1v) is 7.86. The van der Waals surface area contributed by atoms with Gasteiger partial charge in [0.1, 0.15) is 11.5 Å². The number of fused-ring (bicyclic) bond motifs is 5. The van der Waals surface area contributed by atoms with Gasteiger partial charge in [0.25, 0.3) is 0 Å². The molecule has 2 N–H and O–H groups in total. The van der Waals surface area contributed by atoms with E-state index in [4.69, 9.17) is 0 Å². The zero-order valence-electron chi connectivity index (χ0n) is 13.2. The third kappa shape index (κ3) is 2.02. The van der Waals surface area contributed by atoms with Crippen LogP contribution in [0.25, 0.3) is 32.3 Å². The first-order chi connectivity index (χ1) is 11.1. The van der Waals surface area contributed by atoms with Gasteiger partial charge < -0.3 is 10.2 Å². The number of rotatable bonds is 1. The Morgan fingerprint density at radius 2 is 1.52 bits per heavy atom. The van der Waals surface area contributed by atoms with E-state index in [2.05, 4.69) is 19.9 Å². The summed E-state index contributed by atoms with van der Waals surface area (Å²) >= 11 is 0. The van der Waals surface area contributed by atoms with Crippen molar-refractivity contribution < 1.29 is 10.2 Å². The standard InChI is InChI=1S/C21H18O2/c1-12(2)17-9-14(22)10-18-16-8-7-13-5-3-4-6-15(13)21(16)20(23)11-19(17)18/h3-12,22-23H,1-2H3. The fourth-order valence-electron chi connectivity index (χ4n) is 3.50. The van der Waals surface area contributed by atoms with Crippen LogP contribution in [0.3, 0.4) is 0 Å². The van der Waals surface area contributed by atoms with Gasteiger partial charge in [0.05, 0.1) is 0 Å². The molecule has 4 aromatic rings. The van der Waals surface area contributed by atoms with Crippen LogP contribution in [0, 0.1) is 0 Å². The number of aromatic hydroxyl groups is 2. The van der Waals surface area contributed by atoms with Crippen LogP contribution in [0.15, 0.2) is 54.6 Å². The number of phenolic OH excluding ortho intramolecular Hbond substituents is 2. The minimum absolute atomic E-state index is 0.265. The molecule has 0 heterocycles. The molecule has 23 heavy (non-hydrogen) atoms. The molecular weight excluding hydrogens is 284 g/mol. The predicted molar refractivity (Wildman–Crippen MR) is 96.4 cm³/mol. The van der Waals surface area contributed by atoms with E-state index in [0.717, 1.165) is 37.9 Å². The van der Waals surface area contributed by atoms with Crippen molar-refractivity contribution in [2.24, 2.45) is 0 Å². The third-order valence-corrected chi connectivity index (χ3v) is 4.58. The van der Waals surface area contributed by atoms with Crippen molar-refractivity contribution in [1.82, 2.24) is 0 Å². The molecule has 0 amide bonds. The average Bonchev–Trinajstić information content (AvgIpc) is 2.54. The minimum Gasteiger partial charge on any atom is -0.508 e. The molecule has 2 heteroatoms. The zero-order valence-corrected chi connectivity index (χ0v) is 13.2. The van der Waals surface area contributed by atoms with Crippen LogP contribution in [0.4, 0.5) is 0 Å². The molecule has 0 radical (unpaired) electrons. The highest BCUT2D eigenvalue weighted by molar-refractivity contribution is 6.20. The summed E-state index contributed by atoms with van der Waals surface area (Å²) < 4.78 is 0. The Bertz CT molecular complexity index is 1060. The van der Waals surface area contributed by atoms with E-state index in [1.54, 1.807) is 12.1 Å². The normalized spacial score (nSPS) is 11.8. The molecule has 0 saturated carbocycles. The maximum Gasteiger partial charge on any atom is 0.124 e. The van der Waals surface area contributed by atoms with Crippen molar-refractivity contribution in [2.75, 3.05) is 0 Å². The van der Waals surface area contributed by atoms with Crippen LogP contribution < -0.4 is 0 Å². The van der Waals surface area contributed by atoms with Crippen LogP contribution in [0.1, 0.15) is 25.3 Å². The number of hydrogen-bond donors (Lipinski definition) is 2. The smallest absolute Gasteiger partial charge is 0.124 e. The lowest BCUT2D eigenvalue weighted by Crippen LogP contribution is -1.91. The van der Waals surface area contributed by atoms with Gasteiger partial charge in [0.15, 0.2) is 0 Å². The summed E-state index contributed by atoms with van der Waals surface area (Å²) in [6.07, 6.45) is 0. The Balaban J connectivity index is 2.28. The predicted octanol–water partition coefficient (Wildman–Crippen LogP) is 5.68. The largest absolute Gasteiger partial charge is 0.508 e. The van der Waals surface area contributed by atoms with E-state index < -0.39 is 0 Å². The van der Waals surface area contributed by atoms with E-state index in [1.165, 1.54) is 0 Å². The van der Waals surface area contributed by atoms with Crippen molar-refractivity contribution >= 4 is 32.3 Å². The number of benzene rings is 4. The first-order valence-electron chi connectivity index (χ1n) is 7.86. The van der Waals surface area contributed by atoms with Gasteiger partial charge in [-0.25, -0.2) is 0 Å². The fourth-order valence-corrected chi connectivity index (χ4v) is 3.50.